The highest BCUT2D eigenvalue weighted by atomic mass is 32.2. The van der Waals surface area contributed by atoms with E-state index in [1.54, 1.807) is 18.7 Å². The van der Waals surface area contributed by atoms with Gasteiger partial charge in [0.05, 0.1) is 6.10 Å². The van der Waals surface area contributed by atoms with E-state index in [2.05, 4.69) is 0 Å². The van der Waals surface area contributed by atoms with Crippen LogP contribution in [-0.2, 0) is 4.74 Å². The molecule has 4 saturated carbocycles. The predicted octanol–water partition coefficient (Wildman–Crippen LogP) is 2.15. The average Bonchev–Trinajstić information content (AvgIpc) is 2.49. The van der Waals surface area contributed by atoms with Crippen LogP contribution in [0.2, 0.25) is 0 Å². The molecule has 4 aliphatic carbocycles. The molecule has 0 amide bonds. The van der Waals surface area contributed by atoms with Gasteiger partial charge in [-0.3, -0.25) is 0 Å². The van der Waals surface area contributed by atoms with Crippen LogP contribution in [0, 0.1) is 23.2 Å². The fourth-order valence-corrected chi connectivity index (χ4v) is 7.53. The maximum Gasteiger partial charge on any atom is 0.132 e. The fraction of sp³-hybridized carbons (Fsp3) is 1.00. The summed E-state index contributed by atoms with van der Waals surface area (Å²) < 4.78 is 5.71. The van der Waals surface area contributed by atoms with Crippen molar-refractivity contribution in [1.29, 1.82) is 0 Å². The first-order valence-electron chi connectivity index (χ1n) is 9.27. The molecule has 5 rings (SSSR count). The third-order valence-corrected chi connectivity index (χ3v) is 8.05. The predicted molar refractivity (Wildman–Crippen MR) is 90.0 cm³/mol. The van der Waals surface area contributed by atoms with E-state index in [9.17, 15) is 15.3 Å². The molecule has 5 fully saturated rings. The van der Waals surface area contributed by atoms with Crippen molar-refractivity contribution in [2.24, 2.45) is 23.2 Å². The largest absolute Gasteiger partial charge is 0.388 e. The molecule has 23 heavy (non-hydrogen) atoms. The van der Waals surface area contributed by atoms with Crippen LogP contribution in [0.25, 0.3) is 0 Å². The van der Waals surface area contributed by atoms with Crippen molar-refractivity contribution in [2.75, 3.05) is 5.75 Å². The van der Waals surface area contributed by atoms with Crippen LogP contribution in [0.3, 0.4) is 0 Å². The van der Waals surface area contributed by atoms with Crippen molar-refractivity contribution in [3.05, 3.63) is 0 Å². The number of hydrogen-bond acceptors (Lipinski definition) is 5. The van der Waals surface area contributed by atoms with Gasteiger partial charge in [0.15, 0.2) is 0 Å². The lowest BCUT2D eigenvalue weighted by atomic mass is 9.49. The Morgan fingerprint density at radius 2 is 1.48 bits per heavy atom. The summed E-state index contributed by atoms with van der Waals surface area (Å²) in [5.74, 6) is 3.89. The van der Waals surface area contributed by atoms with Crippen LogP contribution in [0.4, 0.5) is 0 Å². The van der Waals surface area contributed by atoms with Crippen molar-refractivity contribution < 1.29 is 20.1 Å². The minimum absolute atomic E-state index is 0.419. The first-order valence-corrected chi connectivity index (χ1v) is 10.3. The van der Waals surface area contributed by atoms with Gasteiger partial charge in [0.2, 0.25) is 0 Å². The van der Waals surface area contributed by atoms with Gasteiger partial charge in [0, 0.05) is 0 Å². The van der Waals surface area contributed by atoms with Crippen LogP contribution in [0.5, 0.6) is 0 Å². The van der Waals surface area contributed by atoms with Gasteiger partial charge in [-0.05, 0) is 80.8 Å². The molecule has 1 aliphatic heterocycles. The second-order valence-corrected chi connectivity index (χ2v) is 9.93. The van der Waals surface area contributed by atoms with E-state index < -0.39 is 29.9 Å². The van der Waals surface area contributed by atoms with Crippen LogP contribution in [0.1, 0.15) is 51.9 Å². The molecule has 5 unspecified atom stereocenters. The van der Waals surface area contributed by atoms with Crippen molar-refractivity contribution >= 4 is 11.8 Å². The summed E-state index contributed by atoms with van der Waals surface area (Å²) in [6.07, 6.45) is 6.33. The fourth-order valence-electron chi connectivity index (χ4n) is 6.14. The summed E-state index contributed by atoms with van der Waals surface area (Å²) in [4.78, 5) is 0. The Morgan fingerprint density at radius 1 is 0.913 bits per heavy atom. The van der Waals surface area contributed by atoms with E-state index in [-0.39, 0.29) is 0 Å². The van der Waals surface area contributed by atoms with Crippen molar-refractivity contribution in [2.45, 2.75) is 81.7 Å². The van der Waals surface area contributed by atoms with Gasteiger partial charge in [0.25, 0.3) is 0 Å². The van der Waals surface area contributed by atoms with Crippen LogP contribution in [-0.4, -0.2) is 50.9 Å². The molecular weight excluding hydrogens is 312 g/mol. The molecule has 5 aliphatic rings. The minimum Gasteiger partial charge on any atom is -0.388 e. The summed E-state index contributed by atoms with van der Waals surface area (Å²) in [6.45, 7) is 1.76. The smallest absolute Gasteiger partial charge is 0.132 e. The van der Waals surface area contributed by atoms with Gasteiger partial charge < -0.3 is 20.1 Å². The Hall–Kier alpha value is 0.190. The highest BCUT2D eigenvalue weighted by Crippen LogP contribution is 2.61. The van der Waals surface area contributed by atoms with Gasteiger partial charge in [-0.15, -0.1) is 11.8 Å². The lowest BCUT2D eigenvalue weighted by molar-refractivity contribution is -0.192. The van der Waals surface area contributed by atoms with E-state index >= 15 is 0 Å². The third-order valence-electron chi connectivity index (χ3n) is 6.89. The van der Waals surface area contributed by atoms with E-state index in [0.29, 0.717) is 5.41 Å². The molecule has 1 saturated heterocycles. The zero-order chi connectivity index (χ0) is 16.2. The monoisotopic (exact) mass is 342 g/mol. The first kappa shape index (κ1) is 16.6. The minimum atomic E-state index is -1.10. The Bertz CT molecular complexity index is 407. The molecule has 0 radical (unpaired) electrons. The summed E-state index contributed by atoms with van der Waals surface area (Å²) in [6, 6.07) is 0. The quantitative estimate of drug-likeness (QED) is 0.730. The van der Waals surface area contributed by atoms with Gasteiger partial charge in [-0.2, -0.15) is 0 Å². The summed E-state index contributed by atoms with van der Waals surface area (Å²) in [5.41, 5.74) is 0.128. The second-order valence-electron chi connectivity index (χ2n) is 8.72. The van der Waals surface area contributed by atoms with Crippen LogP contribution in [0.15, 0.2) is 0 Å². The normalized spacial score (nSPS) is 55.3. The molecule has 0 aromatic heterocycles. The summed E-state index contributed by atoms with van der Waals surface area (Å²) >= 11 is 1.62. The number of thioether (sulfide) groups is 1. The standard InChI is InChI=1S/C18H30O4S/c1-10-14(19)15(20)16(21)17(22-10)23-3-2-18-7-11-4-12(8-18)6-13(5-11)9-18/h10-17,19-21H,2-9H2,1H3. The molecule has 4 nitrogen and oxygen atoms in total. The Balaban J connectivity index is 1.32. The number of rotatable bonds is 4. The lowest BCUT2D eigenvalue weighted by Gasteiger charge is -2.57. The molecule has 0 aromatic rings. The number of ether oxygens (including phenoxy) is 1. The van der Waals surface area contributed by atoms with E-state index in [1.165, 1.54) is 44.9 Å². The second kappa shape index (κ2) is 6.17. The Morgan fingerprint density at radius 3 is 2.04 bits per heavy atom. The Labute approximate surface area is 143 Å². The SMILES string of the molecule is CC1OC(SCCC23CC4CC(CC(C4)C2)C3)C(O)C(O)C1O. The molecule has 0 spiro atoms. The molecule has 5 heteroatoms. The van der Waals surface area contributed by atoms with Gasteiger partial charge in [-0.25, -0.2) is 0 Å². The summed E-state index contributed by atoms with van der Waals surface area (Å²) in [7, 11) is 0. The molecule has 5 atom stereocenters. The van der Waals surface area contributed by atoms with Crippen LogP contribution < -0.4 is 0 Å². The van der Waals surface area contributed by atoms with Crippen molar-refractivity contribution in [1.82, 2.24) is 0 Å². The molecule has 4 bridgehead atoms. The molecule has 132 valence electrons. The average molecular weight is 343 g/mol. The van der Waals surface area contributed by atoms with E-state index in [4.69, 9.17) is 4.74 Å². The molecule has 1 heterocycles. The maximum atomic E-state index is 10.1. The number of aliphatic hydroxyl groups is 3. The number of aliphatic hydroxyl groups excluding tert-OH is 3. The molecule has 0 aromatic carbocycles. The molecular formula is C18H30O4S. The highest BCUT2D eigenvalue weighted by Gasteiger charge is 2.50. The highest BCUT2D eigenvalue weighted by molar-refractivity contribution is 7.99. The zero-order valence-corrected chi connectivity index (χ0v) is 14.8. The van der Waals surface area contributed by atoms with Gasteiger partial charge >= 0.3 is 0 Å². The summed E-state index contributed by atoms with van der Waals surface area (Å²) in [5, 5.41) is 29.8. The van der Waals surface area contributed by atoms with Crippen LogP contribution >= 0.6 is 11.8 Å². The molecule has 3 N–H and O–H groups in total. The lowest BCUT2D eigenvalue weighted by Crippen LogP contribution is -2.55. The van der Waals surface area contributed by atoms with Crippen molar-refractivity contribution in [3.63, 3.8) is 0 Å². The maximum absolute atomic E-state index is 10.1. The topological polar surface area (TPSA) is 69.9 Å². The Kier molecular flexibility index (Phi) is 4.46. The zero-order valence-electron chi connectivity index (χ0n) is 13.9. The van der Waals surface area contributed by atoms with Crippen molar-refractivity contribution in [3.8, 4) is 0 Å². The van der Waals surface area contributed by atoms with Gasteiger partial charge in [0.1, 0.15) is 23.7 Å². The van der Waals surface area contributed by atoms with Gasteiger partial charge in [-0.1, -0.05) is 0 Å². The van der Waals surface area contributed by atoms with E-state index in [0.717, 1.165) is 23.5 Å². The van der Waals surface area contributed by atoms with E-state index in [1.807, 2.05) is 0 Å². The first-order chi connectivity index (χ1) is 11.0. The third kappa shape index (κ3) is 3.08. The number of hydrogen-bond donors (Lipinski definition) is 3.